The van der Waals surface area contributed by atoms with Gasteiger partial charge in [0.1, 0.15) is 11.2 Å². The molecule has 82 valence electrons. The lowest BCUT2D eigenvalue weighted by molar-refractivity contribution is -0.147. The quantitative estimate of drug-likeness (QED) is 0.807. The van der Waals surface area contributed by atoms with Crippen LogP contribution in [-0.2, 0) is 14.9 Å². The number of furan rings is 1. The first-order chi connectivity index (χ1) is 7.17. The number of aliphatic carboxylic acids is 1. The van der Waals surface area contributed by atoms with Gasteiger partial charge < -0.3 is 14.3 Å². The predicted octanol–water partition coefficient (Wildman–Crippen LogP) is 1.72. The Labute approximate surface area is 87.8 Å². The number of carboxylic acid groups (broad SMARTS) is 1. The van der Waals surface area contributed by atoms with Crippen LogP contribution in [0.15, 0.2) is 16.7 Å². The van der Waals surface area contributed by atoms with E-state index in [4.69, 9.17) is 9.15 Å². The first-order valence-corrected chi connectivity index (χ1v) is 5.02. The second kappa shape index (κ2) is 3.70. The first kappa shape index (κ1) is 10.2. The summed E-state index contributed by atoms with van der Waals surface area (Å²) in [5, 5.41) is 9.39. The number of carboxylic acids is 1. The molecule has 0 aliphatic carbocycles. The SMILES string of the molecule is Cc1occc1C1(C(=O)O)CCOCC1. The average Bonchev–Trinajstić information content (AvgIpc) is 2.66. The number of ether oxygens (including phenoxy) is 1. The van der Waals surface area contributed by atoms with Gasteiger partial charge >= 0.3 is 5.97 Å². The number of aryl methyl sites for hydroxylation is 1. The van der Waals surface area contributed by atoms with Gasteiger partial charge in [-0.15, -0.1) is 0 Å². The van der Waals surface area contributed by atoms with Crippen molar-refractivity contribution in [2.45, 2.75) is 25.2 Å². The molecule has 1 aromatic heterocycles. The third-order valence-corrected chi connectivity index (χ3v) is 3.13. The highest BCUT2D eigenvalue weighted by Crippen LogP contribution is 2.37. The average molecular weight is 210 g/mol. The molecule has 0 atom stereocenters. The summed E-state index contributed by atoms with van der Waals surface area (Å²) in [7, 11) is 0. The van der Waals surface area contributed by atoms with Crippen molar-refractivity contribution in [3.63, 3.8) is 0 Å². The Kier molecular flexibility index (Phi) is 2.52. The molecule has 0 unspecified atom stereocenters. The van der Waals surface area contributed by atoms with Gasteiger partial charge in [0.05, 0.1) is 6.26 Å². The topological polar surface area (TPSA) is 59.7 Å². The van der Waals surface area contributed by atoms with Crippen molar-refractivity contribution in [2.75, 3.05) is 13.2 Å². The minimum Gasteiger partial charge on any atom is -0.481 e. The van der Waals surface area contributed by atoms with E-state index in [0.29, 0.717) is 31.8 Å². The summed E-state index contributed by atoms with van der Waals surface area (Å²) in [5.41, 5.74) is -0.0201. The molecule has 0 radical (unpaired) electrons. The van der Waals surface area contributed by atoms with E-state index < -0.39 is 11.4 Å². The molecule has 4 heteroatoms. The van der Waals surface area contributed by atoms with Crippen LogP contribution in [0.2, 0.25) is 0 Å². The maximum Gasteiger partial charge on any atom is 0.314 e. The third kappa shape index (κ3) is 1.55. The van der Waals surface area contributed by atoms with Crippen molar-refractivity contribution in [3.05, 3.63) is 23.7 Å². The molecular formula is C11H14O4. The second-order valence-electron chi connectivity index (χ2n) is 3.89. The van der Waals surface area contributed by atoms with E-state index in [1.54, 1.807) is 19.3 Å². The summed E-state index contributed by atoms with van der Waals surface area (Å²) in [5.74, 6) is -0.0883. The molecule has 1 saturated heterocycles. The van der Waals surface area contributed by atoms with Gasteiger partial charge in [-0.1, -0.05) is 0 Å². The van der Waals surface area contributed by atoms with Crippen molar-refractivity contribution in [2.24, 2.45) is 0 Å². The van der Waals surface area contributed by atoms with Gasteiger partial charge in [0.25, 0.3) is 0 Å². The van der Waals surface area contributed by atoms with Crippen molar-refractivity contribution in [1.29, 1.82) is 0 Å². The Hall–Kier alpha value is -1.29. The van der Waals surface area contributed by atoms with Gasteiger partial charge in [-0.25, -0.2) is 0 Å². The van der Waals surface area contributed by atoms with Crippen LogP contribution in [0, 0.1) is 6.92 Å². The molecule has 0 saturated carbocycles. The molecule has 0 amide bonds. The molecule has 0 spiro atoms. The summed E-state index contributed by atoms with van der Waals surface area (Å²) in [6.45, 7) is 2.79. The van der Waals surface area contributed by atoms with Crippen LogP contribution in [0.25, 0.3) is 0 Å². The predicted molar refractivity (Wildman–Crippen MR) is 52.8 cm³/mol. The van der Waals surface area contributed by atoms with E-state index in [1.807, 2.05) is 0 Å². The van der Waals surface area contributed by atoms with Crippen LogP contribution in [0.1, 0.15) is 24.2 Å². The lowest BCUT2D eigenvalue weighted by Gasteiger charge is -2.32. The lowest BCUT2D eigenvalue weighted by atomic mass is 9.74. The maximum absolute atomic E-state index is 11.4. The highest BCUT2D eigenvalue weighted by molar-refractivity contribution is 5.81. The number of carbonyl (C=O) groups is 1. The van der Waals surface area contributed by atoms with Gasteiger partial charge in [-0.2, -0.15) is 0 Å². The zero-order valence-corrected chi connectivity index (χ0v) is 8.66. The number of hydrogen-bond acceptors (Lipinski definition) is 3. The minimum absolute atomic E-state index is 0.497. The molecule has 1 aliphatic heterocycles. The van der Waals surface area contributed by atoms with Crippen LogP contribution in [-0.4, -0.2) is 24.3 Å². The van der Waals surface area contributed by atoms with Gasteiger partial charge in [0.2, 0.25) is 0 Å². The van der Waals surface area contributed by atoms with Crippen LogP contribution >= 0.6 is 0 Å². The van der Waals surface area contributed by atoms with E-state index in [1.165, 1.54) is 0 Å². The standard InChI is InChI=1S/C11H14O4/c1-8-9(2-5-15-8)11(10(12)13)3-6-14-7-4-11/h2,5H,3-4,6-7H2,1H3,(H,12,13). The van der Waals surface area contributed by atoms with Gasteiger partial charge in [0.15, 0.2) is 0 Å². The van der Waals surface area contributed by atoms with Gasteiger partial charge in [-0.3, -0.25) is 4.79 Å². The molecule has 4 nitrogen and oxygen atoms in total. The first-order valence-electron chi connectivity index (χ1n) is 5.02. The fraction of sp³-hybridized carbons (Fsp3) is 0.545. The Bertz CT molecular complexity index is 360. The van der Waals surface area contributed by atoms with Crippen molar-refractivity contribution >= 4 is 5.97 Å². The normalized spacial score (nSPS) is 20.1. The maximum atomic E-state index is 11.4. The zero-order chi connectivity index (χ0) is 10.9. The smallest absolute Gasteiger partial charge is 0.314 e. The van der Waals surface area contributed by atoms with Crippen LogP contribution < -0.4 is 0 Å². The van der Waals surface area contributed by atoms with Crippen molar-refractivity contribution in [3.8, 4) is 0 Å². The molecule has 0 aromatic carbocycles. The fourth-order valence-corrected chi connectivity index (χ4v) is 2.20. The van der Waals surface area contributed by atoms with Crippen LogP contribution in [0.5, 0.6) is 0 Å². The Balaban J connectivity index is 2.42. The highest BCUT2D eigenvalue weighted by Gasteiger charge is 2.43. The molecule has 15 heavy (non-hydrogen) atoms. The molecule has 2 rings (SSSR count). The van der Waals surface area contributed by atoms with Crippen molar-refractivity contribution < 1.29 is 19.1 Å². The summed E-state index contributed by atoms with van der Waals surface area (Å²) < 4.78 is 10.4. The summed E-state index contributed by atoms with van der Waals surface area (Å²) in [4.78, 5) is 11.4. The number of hydrogen-bond donors (Lipinski definition) is 1. The van der Waals surface area contributed by atoms with Gasteiger partial charge in [-0.05, 0) is 25.8 Å². The Morgan fingerprint density at radius 3 is 2.60 bits per heavy atom. The Morgan fingerprint density at radius 2 is 2.13 bits per heavy atom. The van der Waals surface area contributed by atoms with Crippen LogP contribution in [0.3, 0.4) is 0 Å². The number of rotatable bonds is 2. The van der Waals surface area contributed by atoms with E-state index in [0.717, 1.165) is 5.56 Å². The molecule has 1 aromatic rings. The van der Waals surface area contributed by atoms with E-state index >= 15 is 0 Å². The third-order valence-electron chi connectivity index (χ3n) is 3.13. The molecular weight excluding hydrogens is 196 g/mol. The summed E-state index contributed by atoms with van der Waals surface area (Å²) >= 11 is 0. The minimum atomic E-state index is -0.810. The van der Waals surface area contributed by atoms with E-state index in [2.05, 4.69) is 0 Å². The van der Waals surface area contributed by atoms with Crippen LogP contribution in [0.4, 0.5) is 0 Å². The molecule has 1 N–H and O–H groups in total. The second-order valence-corrected chi connectivity index (χ2v) is 3.89. The van der Waals surface area contributed by atoms with Gasteiger partial charge in [0, 0.05) is 18.8 Å². The summed E-state index contributed by atoms with van der Waals surface area (Å²) in [6.07, 6.45) is 2.58. The monoisotopic (exact) mass is 210 g/mol. The zero-order valence-electron chi connectivity index (χ0n) is 8.66. The van der Waals surface area contributed by atoms with Crippen molar-refractivity contribution in [1.82, 2.24) is 0 Å². The molecule has 1 fully saturated rings. The highest BCUT2D eigenvalue weighted by atomic mass is 16.5. The molecule has 1 aliphatic rings. The fourth-order valence-electron chi connectivity index (χ4n) is 2.20. The lowest BCUT2D eigenvalue weighted by Crippen LogP contribution is -2.41. The largest absolute Gasteiger partial charge is 0.481 e. The Morgan fingerprint density at radius 1 is 1.47 bits per heavy atom. The molecule has 0 bridgehead atoms. The summed E-state index contributed by atoms with van der Waals surface area (Å²) in [6, 6.07) is 1.76. The van der Waals surface area contributed by atoms with E-state index in [-0.39, 0.29) is 0 Å². The molecule has 2 heterocycles. The van der Waals surface area contributed by atoms with E-state index in [9.17, 15) is 9.90 Å².